The molecule has 0 radical (unpaired) electrons. The molecule has 1 nitrogen and oxygen atoms in total. The van der Waals surface area contributed by atoms with Crippen molar-refractivity contribution in [1.29, 1.82) is 0 Å². The Morgan fingerprint density at radius 2 is 1.27 bits per heavy atom. The monoisotopic (exact) mass is 471 g/mol. The quantitative estimate of drug-likeness (QED) is 0.221. The van der Waals surface area contributed by atoms with E-state index in [2.05, 4.69) is 132 Å². The van der Waals surface area contributed by atoms with Crippen molar-refractivity contribution < 1.29 is 0 Å². The molecule has 0 saturated carbocycles. The lowest BCUT2D eigenvalue weighted by atomic mass is 9.95. The number of fused-ring (bicyclic) bond motifs is 10. The highest BCUT2D eigenvalue weighted by molar-refractivity contribution is 6.35. The van der Waals surface area contributed by atoms with E-state index >= 15 is 0 Å². The maximum absolute atomic E-state index is 2.50. The van der Waals surface area contributed by atoms with Crippen LogP contribution in [0.25, 0.3) is 65.4 Å². The van der Waals surface area contributed by atoms with Crippen LogP contribution in [-0.4, -0.2) is 4.57 Å². The lowest BCUT2D eigenvalue weighted by molar-refractivity contribution is 1.04. The molecule has 1 aliphatic rings. The normalized spacial score (nSPS) is 13.8. The zero-order valence-corrected chi connectivity index (χ0v) is 20.5. The van der Waals surface area contributed by atoms with Crippen LogP contribution >= 0.6 is 0 Å². The maximum Gasteiger partial charge on any atom is 0.0626 e. The SMILES string of the molecule is C1=CC(c2cccc(-n3c4ccc5ccccc5c4c4c5ccccc5c5ccccc5c43)c2)=CCC1. The van der Waals surface area contributed by atoms with Crippen LogP contribution in [0.4, 0.5) is 0 Å². The molecule has 1 aromatic heterocycles. The number of nitrogens with zero attached hydrogens (tertiary/aromatic N) is 1. The third kappa shape index (κ3) is 2.98. The fourth-order valence-corrected chi connectivity index (χ4v) is 6.36. The van der Waals surface area contributed by atoms with Crippen LogP contribution in [0, 0.1) is 0 Å². The van der Waals surface area contributed by atoms with E-state index in [4.69, 9.17) is 0 Å². The molecule has 7 aromatic rings. The Morgan fingerprint density at radius 3 is 2.08 bits per heavy atom. The zero-order chi connectivity index (χ0) is 24.3. The molecule has 0 atom stereocenters. The molecule has 0 unspecified atom stereocenters. The molecular formula is C36H25N. The van der Waals surface area contributed by atoms with Crippen LogP contribution in [0.15, 0.2) is 127 Å². The molecule has 1 aliphatic carbocycles. The van der Waals surface area contributed by atoms with Gasteiger partial charge in [-0.15, -0.1) is 0 Å². The molecule has 1 heteroatoms. The van der Waals surface area contributed by atoms with Crippen molar-refractivity contribution in [2.75, 3.05) is 0 Å². The van der Waals surface area contributed by atoms with Crippen molar-refractivity contribution in [3.8, 4) is 5.69 Å². The van der Waals surface area contributed by atoms with Crippen LogP contribution in [-0.2, 0) is 0 Å². The summed E-state index contributed by atoms with van der Waals surface area (Å²) in [7, 11) is 0. The van der Waals surface area contributed by atoms with E-state index in [0.717, 1.165) is 12.8 Å². The Hall–Kier alpha value is -4.62. The lowest BCUT2D eigenvalue weighted by Gasteiger charge is -2.14. The number of allylic oxidation sites excluding steroid dienone is 4. The topological polar surface area (TPSA) is 4.93 Å². The van der Waals surface area contributed by atoms with Gasteiger partial charge in [0.2, 0.25) is 0 Å². The molecule has 1 heterocycles. The smallest absolute Gasteiger partial charge is 0.0626 e. The van der Waals surface area contributed by atoms with Crippen molar-refractivity contribution >= 4 is 59.7 Å². The third-order valence-electron chi connectivity index (χ3n) is 7.96. The van der Waals surface area contributed by atoms with Gasteiger partial charge in [-0.3, -0.25) is 0 Å². The summed E-state index contributed by atoms with van der Waals surface area (Å²) in [5.41, 5.74) is 6.32. The Balaban J connectivity index is 1.62. The zero-order valence-electron chi connectivity index (χ0n) is 20.5. The van der Waals surface area contributed by atoms with Crippen molar-refractivity contribution in [2.24, 2.45) is 0 Å². The second-order valence-corrected chi connectivity index (χ2v) is 10.0. The van der Waals surface area contributed by atoms with Gasteiger partial charge in [-0.1, -0.05) is 109 Å². The molecule has 0 spiro atoms. The first kappa shape index (κ1) is 20.6. The predicted molar refractivity (Wildman–Crippen MR) is 160 cm³/mol. The first-order chi connectivity index (χ1) is 18.4. The van der Waals surface area contributed by atoms with Crippen molar-refractivity contribution in [3.05, 3.63) is 133 Å². The van der Waals surface area contributed by atoms with E-state index in [1.54, 1.807) is 0 Å². The summed E-state index contributed by atoms with van der Waals surface area (Å²) in [6.07, 6.45) is 9.15. The molecule has 0 amide bonds. The van der Waals surface area contributed by atoms with E-state index in [0.29, 0.717) is 0 Å². The molecule has 0 fully saturated rings. The minimum atomic E-state index is 1.11. The van der Waals surface area contributed by atoms with Crippen LogP contribution in [0.2, 0.25) is 0 Å². The summed E-state index contributed by atoms with van der Waals surface area (Å²) < 4.78 is 2.50. The predicted octanol–water partition coefficient (Wildman–Crippen LogP) is 9.98. The van der Waals surface area contributed by atoms with Gasteiger partial charge in [0.05, 0.1) is 11.0 Å². The average molecular weight is 472 g/mol. The molecule has 8 rings (SSSR count). The van der Waals surface area contributed by atoms with Crippen LogP contribution in [0.3, 0.4) is 0 Å². The number of aromatic nitrogens is 1. The second-order valence-electron chi connectivity index (χ2n) is 10.0. The summed E-state index contributed by atoms with van der Waals surface area (Å²) in [5, 5.41) is 10.5. The summed E-state index contributed by atoms with van der Waals surface area (Å²) in [5.74, 6) is 0. The molecule has 0 aliphatic heterocycles. The van der Waals surface area contributed by atoms with Gasteiger partial charge in [-0.2, -0.15) is 0 Å². The first-order valence-corrected chi connectivity index (χ1v) is 13.1. The average Bonchev–Trinajstić information content (AvgIpc) is 3.34. The van der Waals surface area contributed by atoms with Gasteiger partial charge in [-0.05, 0) is 69.1 Å². The minimum Gasteiger partial charge on any atom is -0.309 e. The van der Waals surface area contributed by atoms with Gasteiger partial charge in [0.25, 0.3) is 0 Å². The Labute approximate surface area is 215 Å². The second kappa shape index (κ2) is 7.94. The van der Waals surface area contributed by atoms with E-state index in [1.807, 2.05) is 0 Å². The number of hydrogen-bond acceptors (Lipinski definition) is 0. The van der Waals surface area contributed by atoms with E-state index < -0.39 is 0 Å². The number of hydrogen-bond donors (Lipinski definition) is 0. The van der Waals surface area contributed by atoms with Gasteiger partial charge in [0.15, 0.2) is 0 Å². The third-order valence-corrected chi connectivity index (χ3v) is 7.96. The summed E-state index contributed by atoms with van der Waals surface area (Å²) in [6.45, 7) is 0. The fourth-order valence-electron chi connectivity index (χ4n) is 6.36. The molecule has 37 heavy (non-hydrogen) atoms. The van der Waals surface area contributed by atoms with Gasteiger partial charge in [0.1, 0.15) is 0 Å². The molecule has 174 valence electrons. The molecule has 0 bridgehead atoms. The standard InChI is InChI=1S/C36H25N/c1-2-11-24(12-3-1)26-14-10-15-27(23-26)37-33-22-21-25-13-4-5-16-28(25)34(33)35-31-19-8-6-17-29(31)30-18-7-9-20-32(30)36(35)37/h2,4-23H,1,3H2. The van der Waals surface area contributed by atoms with Gasteiger partial charge in [-0.25, -0.2) is 0 Å². The largest absolute Gasteiger partial charge is 0.309 e. The number of benzene rings is 6. The maximum atomic E-state index is 2.50. The highest BCUT2D eigenvalue weighted by atomic mass is 15.0. The fraction of sp³-hybridized carbons (Fsp3) is 0.0556. The highest BCUT2D eigenvalue weighted by Gasteiger charge is 2.20. The van der Waals surface area contributed by atoms with Gasteiger partial charge in [0, 0.05) is 21.8 Å². The Morgan fingerprint density at radius 1 is 0.541 bits per heavy atom. The van der Waals surface area contributed by atoms with Crippen LogP contribution in [0.1, 0.15) is 18.4 Å². The lowest BCUT2D eigenvalue weighted by Crippen LogP contribution is -1.96. The van der Waals surface area contributed by atoms with Crippen LogP contribution < -0.4 is 0 Å². The van der Waals surface area contributed by atoms with E-state index in [1.165, 1.54) is 70.9 Å². The van der Waals surface area contributed by atoms with E-state index in [9.17, 15) is 0 Å². The minimum absolute atomic E-state index is 1.11. The van der Waals surface area contributed by atoms with Gasteiger partial charge >= 0.3 is 0 Å². The van der Waals surface area contributed by atoms with Crippen molar-refractivity contribution in [3.63, 3.8) is 0 Å². The van der Waals surface area contributed by atoms with Crippen molar-refractivity contribution in [1.82, 2.24) is 4.57 Å². The van der Waals surface area contributed by atoms with Crippen molar-refractivity contribution in [2.45, 2.75) is 12.8 Å². The first-order valence-electron chi connectivity index (χ1n) is 13.1. The molecule has 6 aromatic carbocycles. The molecule has 0 saturated heterocycles. The summed E-state index contributed by atoms with van der Waals surface area (Å²) in [4.78, 5) is 0. The summed E-state index contributed by atoms with van der Waals surface area (Å²) in [6, 6.07) is 40.2. The number of rotatable bonds is 2. The Bertz CT molecular complexity index is 2080. The summed E-state index contributed by atoms with van der Waals surface area (Å²) >= 11 is 0. The highest BCUT2D eigenvalue weighted by Crippen LogP contribution is 2.44. The Kier molecular flexibility index (Phi) is 4.41. The van der Waals surface area contributed by atoms with E-state index in [-0.39, 0.29) is 0 Å². The molecular weight excluding hydrogens is 446 g/mol. The van der Waals surface area contributed by atoms with Crippen LogP contribution in [0.5, 0.6) is 0 Å². The molecule has 0 N–H and O–H groups in total. The van der Waals surface area contributed by atoms with Gasteiger partial charge < -0.3 is 4.57 Å².